The van der Waals surface area contributed by atoms with Gasteiger partial charge in [-0.2, -0.15) is 0 Å². The van der Waals surface area contributed by atoms with Crippen LogP contribution in [0.4, 0.5) is 0 Å². The van der Waals surface area contributed by atoms with Gasteiger partial charge in [-0.3, -0.25) is 4.90 Å². The summed E-state index contributed by atoms with van der Waals surface area (Å²) < 4.78 is 7.94. The lowest BCUT2D eigenvalue weighted by Crippen LogP contribution is -2.47. The number of aromatic nitrogens is 4. The van der Waals surface area contributed by atoms with Gasteiger partial charge in [-0.15, -0.1) is 4.68 Å². The van der Waals surface area contributed by atoms with Crippen molar-refractivity contribution in [2.75, 3.05) is 40.4 Å². The number of hydrogen-bond donors (Lipinski definition) is 1. The highest BCUT2D eigenvalue weighted by Gasteiger charge is 2.32. The highest BCUT2D eigenvalue weighted by molar-refractivity contribution is 5.65. The van der Waals surface area contributed by atoms with Crippen molar-refractivity contribution in [3.05, 3.63) is 23.2 Å². The van der Waals surface area contributed by atoms with Crippen LogP contribution in [-0.2, 0) is 4.74 Å². The molecular formula is C12H19N6O2+. The van der Waals surface area contributed by atoms with Gasteiger partial charge in [0, 0.05) is 19.3 Å². The van der Waals surface area contributed by atoms with Crippen LogP contribution < -0.4 is 4.54 Å². The van der Waals surface area contributed by atoms with E-state index >= 15 is 0 Å². The van der Waals surface area contributed by atoms with E-state index < -0.39 is 0 Å². The van der Waals surface area contributed by atoms with Gasteiger partial charge in [0.25, 0.3) is 11.2 Å². The van der Waals surface area contributed by atoms with E-state index in [9.17, 15) is 4.91 Å². The first-order valence-corrected chi connectivity index (χ1v) is 6.64. The molecule has 2 aromatic heterocycles. The second-order valence-electron chi connectivity index (χ2n) is 5.07. The van der Waals surface area contributed by atoms with Gasteiger partial charge in [-0.25, -0.2) is 9.88 Å². The number of hydrogen-bond acceptors (Lipinski definition) is 5. The fourth-order valence-electron chi connectivity index (χ4n) is 2.62. The molecule has 1 aliphatic rings. The van der Waals surface area contributed by atoms with Gasteiger partial charge in [0.05, 0.1) is 17.8 Å². The van der Waals surface area contributed by atoms with E-state index in [1.165, 1.54) is 0 Å². The first-order chi connectivity index (χ1) is 9.68. The van der Waals surface area contributed by atoms with Gasteiger partial charge < -0.3 is 4.74 Å². The van der Waals surface area contributed by atoms with Gasteiger partial charge in [0.2, 0.25) is 6.29 Å². The summed E-state index contributed by atoms with van der Waals surface area (Å²) >= 11 is 0. The minimum atomic E-state index is -0.0912. The molecule has 2 aromatic rings. The Labute approximate surface area is 116 Å². The van der Waals surface area contributed by atoms with Crippen LogP contribution in [0.1, 0.15) is 6.29 Å². The van der Waals surface area contributed by atoms with E-state index in [0.717, 1.165) is 17.6 Å². The molecule has 1 saturated heterocycles. The molecule has 0 spiro atoms. The number of H-pyrrole nitrogens is 1. The predicted molar refractivity (Wildman–Crippen MR) is 72.6 cm³/mol. The van der Waals surface area contributed by atoms with Crippen LogP contribution in [0.2, 0.25) is 0 Å². The zero-order valence-electron chi connectivity index (χ0n) is 11.7. The van der Waals surface area contributed by atoms with Crippen molar-refractivity contribution in [1.29, 1.82) is 0 Å². The summed E-state index contributed by atoms with van der Waals surface area (Å²) in [6.07, 6.45) is 1.60. The molecule has 8 nitrogen and oxygen atoms in total. The van der Waals surface area contributed by atoms with Gasteiger partial charge >= 0.3 is 0 Å². The summed E-state index contributed by atoms with van der Waals surface area (Å²) in [5.74, 6) is 0. The lowest BCUT2D eigenvalue weighted by molar-refractivity contribution is -0.542. The molecule has 20 heavy (non-hydrogen) atoms. The molecule has 0 bridgehead atoms. The molecule has 3 rings (SSSR count). The minimum Gasteiger partial charge on any atom is -0.379 e. The SMILES string of the molecule is CN(C)C(N1CCOCC1)n1[nH][n+](=O)c2cccnc21. The van der Waals surface area contributed by atoms with Gasteiger partial charge in [0.1, 0.15) is 0 Å². The Bertz CT molecular complexity index is 643. The topological polar surface area (TPSA) is 72.3 Å². The number of rotatable bonds is 3. The van der Waals surface area contributed by atoms with E-state index in [1.807, 2.05) is 14.1 Å². The summed E-state index contributed by atoms with van der Waals surface area (Å²) in [6, 6.07) is 3.52. The smallest absolute Gasteiger partial charge is 0.296 e. The van der Waals surface area contributed by atoms with Crippen LogP contribution in [0.3, 0.4) is 0 Å². The van der Waals surface area contributed by atoms with Crippen molar-refractivity contribution < 1.29 is 9.28 Å². The molecule has 3 heterocycles. The largest absolute Gasteiger partial charge is 0.379 e. The summed E-state index contributed by atoms with van der Waals surface area (Å²) in [5, 5.41) is 2.82. The third-order valence-corrected chi connectivity index (χ3v) is 3.48. The summed E-state index contributed by atoms with van der Waals surface area (Å²) in [6.45, 7) is 3.05. The van der Waals surface area contributed by atoms with Crippen LogP contribution in [-0.4, -0.2) is 65.1 Å². The average molecular weight is 279 g/mol. The van der Waals surface area contributed by atoms with Crippen LogP contribution >= 0.6 is 0 Å². The molecule has 0 radical (unpaired) electrons. The minimum absolute atomic E-state index is 0.0912. The predicted octanol–water partition coefficient (Wildman–Crippen LogP) is -0.371. The Kier molecular flexibility index (Phi) is 3.51. The molecule has 0 saturated carbocycles. The van der Waals surface area contributed by atoms with Gasteiger partial charge in [-0.05, 0) is 31.1 Å². The summed E-state index contributed by atoms with van der Waals surface area (Å²) in [7, 11) is 3.97. The molecule has 1 N–H and O–H groups in total. The molecule has 108 valence electrons. The molecule has 0 aliphatic carbocycles. The zero-order chi connectivity index (χ0) is 14.1. The first kappa shape index (κ1) is 13.2. The van der Waals surface area contributed by atoms with Crippen molar-refractivity contribution in [3.8, 4) is 0 Å². The average Bonchev–Trinajstić information content (AvgIpc) is 2.78. The van der Waals surface area contributed by atoms with Crippen LogP contribution in [0.25, 0.3) is 11.2 Å². The fourth-order valence-corrected chi connectivity index (χ4v) is 2.62. The van der Waals surface area contributed by atoms with Gasteiger partial charge in [0.15, 0.2) is 0 Å². The van der Waals surface area contributed by atoms with E-state index in [1.54, 1.807) is 23.0 Å². The van der Waals surface area contributed by atoms with Crippen molar-refractivity contribution in [2.45, 2.75) is 6.29 Å². The Morgan fingerprint density at radius 2 is 2.20 bits per heavy atom. The molecule has 0 aromatic carbocycles. The maximum absolute atomic E-state index is 11.9. The zero-order valence-corrected chi connectivity index (χ0v) is 11.7. The van der Waals surface area contributed by atoms with Crippen molar-refractivity contribution >= 4 is 11.2 Å². The molecule has 1 fully saturated rings. The quantitative estimate of drug-likeness (QED) is 0.776. The number of nitrogens with zero attached hydrogens (tertiary/aromatic N) is 5. The van der Waals surface area contributed by atoms with Crippen LogP contribution in [0.5, 0.6) is 0 Å². The van der Waals surface area contributed by atoms with Crippen molar-refractivity contribution in [3.63, 3.8) is 0 Å². The maximum Gasteiger partial charge on any atom is 0.296 e. The van der Waals surface area contributed by atoms with E-state index in [-0.39, 0.29) is 6.29 Å². The number of nitrogens with one attached hydrogen (secondary N) is 1. The second kappa shape index (κ2) is 5.31. The maximum atomic E-state index is 11.9. The first-order valence-electron chi connectivity index (χ1n) is 6.64. The fraction of sp³-hybridized carbons (Fsp3) is 0.583. The molecule has 1 unspecified atom stereocenters. The highest BCUT2D eigenvalue weighted by atomic mass is 16.5. The number of morpholine rings is 1. The van der Waals surface area contributed by atoms with E-state index in [0.29, 0.717) is 24.4 Å². The molecule has 8 heteroatoms. The Morgan fingerprint density at radius 3 is 2.90 bits per heavy atom. The number of ether oxygens (including phenoxy) is 1. The monoisotopic (exact) mass is 279 g/mol. The molecule has 0 amide bonds. The highest BCUT2D eigenvalue weighted by Crippen LogP contribution is 2.19. The van der Waals surface area contributed by atoms with Crippen LogP contribution in [0, 0.1) is 4.91 Å². The van der Waals surface area contributed by atoms with Crippen molar-refractivity contribution in [1.82, 2.24) is 24.7 Å². The Morgan fingerprint density at radius 1 is 1.45 bits per heavy atom. The second-order valence-corrected chi connectivity index (χ2v) is 5.07. The Hall–Kier alpha value is -1.77. The molecular weight excluding hydrogens is 260 g/mol. The van der Waals surface area contributed by atoms with E-state index in [2.05, 4.69) is 20.0 Å². The molecule has 1 atom stereocenters. The van der Waals surface area contributed by atoms with E-state index in [4.69, 9.17) is 4.74 Å². The number of aromatic amines is 1. The number of fused-ring (bicyclic) bond motifs is 1. The van der Waals surface area contributed by atoms with Crippen LogP contribution in [0.15, 0.2) is 18.3 Å². The summed E-state index contributed by atoms with van der Waals surface area (Å²) in [5.41, 5.74) is 1.18. The lowest BCUT2D eigenvalue weighted by Gasteiger charge is -2.34. The Balaban J connectivity index is 2.07. The third-order valence-electron chi connectivity index (χ3n) is 3.48. The number of pyridine rings is 1. The van der Waals surface area contributed by atoms with Gasteiger partial charge in [-0.1, -0.05) is 5.21 Å². The molecule has 1 aliphatic heterocycles. The standard InChI is InChI=1S/C12H19N6O2/c1-15(2)12(16-6-8-20-9-7-16)17-11-10(18(19)14-17)4-3-5-13-11/h3-5,12H,6-9H2,1-2H3,(H,14,19)/q+1. The lowest BCUT2D eigenvalue weighted by atomic mass is 10.4. The summed E-state index contributed by atoms with van der Waals surface area (Å²) in [4.78, 5) is 20.6. The third kappa shape index (κ3) is 2.21. The normalized spacial score (nSPS) is 18.8. The van der Waals surface area contributed by atoms with Crippen molar-refractivity contribution in [2.24, 2.45) is 0 Å².